The first kappa shape index (κ1) is 22.9. The molecule has 0 saturated carbocycles. The van der Waals surface area contributed by atoms with Gasteiger partial charge in [0.2, 0.25) is 0 Å². The van der Waals surface area contributed by atoms with Gasteiger partial charge in [-0.2, -0.15) is 0 Å². The molecule has 0 aliphatic heterocycles. The number of nitrogens with one attached hydrogen (secondary N) is 2. The van der Waals surface area contributed by atoms with Crippen LogP contribution in [0.3, 0.4) is 0 Å². The molecule has 0 aliphatic rings. The lowest BCUT2D eigenvalue weighted by Gasteiger charge is -2.22. The molecule has 2 amide bonds. The Morgan fingerprint density at radius 3 is 2.62 bits per heavy atom. The van der Waals surface area contributed by atoms with E-state index in [0.29, 0.717) is 20.8 Å². The molecule has 0 atom stereocenters. The van der Waals surface area contributed by atoms with Gasteiger partial charge in [0.05, 0.1) is 16.3 Å². The first-order chi connectivity index (χ1) is 13.6. The Hall–Kier alpha value is -2.39. The zero-order valence-corrected chi connectivity index (χ0v) is 18.7. The molecule has 2 aromatic rings. The number of hydrazine groups is 1. The zero-order chi connectivity index (χ0) is 21.7. The Labute approximate surface area is 186 Å². The standard InChI is InChI=1S/C19H18BrCl2N5O2/c1-10-7-12(21)9-13(18(28)24-3)16(10)26-19(29)15(8-11(2)20)27(23)17-14(22)5-4-6-25-17/h4-9H,2,23H2,1,3H3,(H,24,28)(H,26,29)/b15-8-. The maximum Gasteiger partial charge on any atom is 0.273 e. The van der Waals surface area contributed by atoms with Crippen molar-refractivity contribution >= 4 is 62.5 Å². The highest BCUT2D eigenvalue weighted by Crippen LogP contribution is 2.28. The van der Waals surface area contributed by atoms with Gasteiger partial charge in [-0.15, -0.1) is 0 Å². The molecule has 0 unspecified atom stereocenters. The van der Waals surface area contributed by atoms with Gasteiger partial charge < -0.3 is 10.6 Å². The minimum Gasteiger partial charge on any atom is -0.355 e. The van der Waals surface area contributed by atoms with Crippen LogP contribution in [0.4, 0.5) is 11.5 Å². The number of carbonyl (C=O) groups excluding carboxylic acids is 2. The van der Waals surface area contributed by atoms with Gasteiger partial charge in [0.15, 0.2) is 5.82 Å². The number of benzene rings is 1. The summed E-state index contributed by atoms with van der Waals surface area (Å²) in [4.78, 5) is 29.4. The molecule has 29 heavy (non-hydrogen) atoms. The number of aryl methyl sites for hydroxylation is 1. The van der Waals surface area contributed by atoms with Gasteiger partial charge in [0.25, 0.3) is 11.8 Å². The van der Waals surface area contributed by atoms with Gasteiger partial charge in [0.1, 0.15) is 5.70 Å². The molecule has 1 aromatic carbocycles. The number of halogens is 3. The Kier molecular flexibility index (Phi) is 7.80. The second-order valence-electron chi connectivity index (χ2n) is 5.83. The van der Waals surface area contributed by atoms with E-state index in [9.17, 15) is 9.59 Å². The molecule has 0 fully saturated rings. The predicted octanol–water partition coefficient (Wildman–Crippen LogP) is 4.17. The Morgan fingerprint density at radius 1 is 1.34 bits per heavy atom. The lowest BCUT2D eigenvalue weighted by Crippen LogP contribution is -2.37. The average molecular weight is 499 g/mol. The van der Waals surface area contributed by atoms with Gasteiger partial charge >= 0.3 is 0 Å². The van der Waals surface area contributed by atoms with E-state index in [2.05, 4.69) is 38.1 Å². The molecule has 0 spiro atoms. The summed E-state index contributed by atoms with van der Waals surface area (Å²) in [5, 5.41) is 6.89. The fourth-order valence-electron chi connectivity index (χ4n) is 2.46. The number of aromatic nitrogens is 1. The number of hydrogen-bond acceptors (Lipinski definition) is 5. The third-order valence-electron chi connectivity index (χ3n) is 3.76. The molecule has 2 rings (SSSR count). The maximum atomic E-state index is 13.1. The summed E-state index contributed by atoms with van der Waals surface area (Å²) < 4.78 is 0.393. The fraction of sp³-hybridized carbons (Fsp3) is 0.105. The summed E-state index contributed by atoms with van der Waals surface area (Å²) in [6.45, 7) is 5.43. The van der Waals surface area contributed by atoms with Crippen molar-refractivity contribution in [2.24, 2.45) is 5.84 Å². The highest BCUT2D eigenvalue weighted by atomic mass is 79.9. The molecule has 0 aliphatic carbocycles. The number of pyridine rings is 1. The van der Waals surface area contributed by atoms with Crippen LogP contribution in [0.2, 0.25) is 10.0 Å². The SMILES string of the molecule is C=C(Br)/C=C(/C(=O)Nc1c(C)cc(Cl)cc1C(=O)NC)N(N)c1ncccc1Cl. The molecule has 0 saturated heterocycles. The van der Waals surface area contributed by atoms with Crippen LogP contribution in [0.1, 0.15) is 15.9 Å². The topological polar surface area (TPSA) is 100 Å². The Morgan fingerprint density at radius 2 is 2.03 bits per heavy atom. The van der Waals surface area contributed by atoms with E-state index in [-0.39, 0.29) is 22.1 Å². The minimum absolute atomic E-state index is 0.00955. The Balaban J connectivity index is 2.49. The molecular formula is C19H18BrCl2N5O2. The average Bonchev–Trinajstić information content (AvgIpc) is 2.66. The smallest absolute Gasteiger partial charge is 0.273 e. The predicted molar refractivity (Wildman–Crippen MR) is 120 cm³/mol. The molecule has 1 heterocycles. The number of carbonyl (C=O) groups is 2. The number of rotatable bonds is 6. The quantitative estimate of drug-likeness (QED) is 0.240. The molecule has 4 N–H and O–H groups in total. The number of nitrogens with two attached hydrogens (primary N) is 1. The van der Waals surface area contributed by atoms with E-state index in [1.54, 1.807) is 25.1 Å². The van der Waals surface area contributed by atoms with Crippen molar-refractivity contribution in [3.8, 4) is 0 Å². The highest BCUT2D eigenvalue weighted by molar-refractivity contribution is 9.11. The van der Waals surface area contributed by atoms with Crippen LogP contribution in [0.15, 0.2) is 53.3 Å². The number of hydrogen-bond donors (Lipinski definition) is 3. The minimum atomic E-state index is -0.606. The van der Waals surface area contributed by atoms with E-state index in [1.165, 1.54) is 25.4 Å². The molecule has 1 aromatic heterocycles. The summed E-state index contributed by atoms with van der Waals surface area (Å²) >= 11 is 15.4. The van der Waals surface area contributed by atoms with Crippen LogP contribution >= 0.6 is 39.1 Å². The second-order valence-corrected chi connectivity index (χ2v) is 7.70. The van der Waals surface area contributed by atoms with Crippen molar-refractivity contribution in [1.82, 2.24) is 10.3 Å². The van der Waals surface area contributed by atoms with E-state index in [1.807, 2.05) is 0 Å². The molecule has 0 bridgehead atoms. The lowest BCUT2D eigenvalue weighted by atomic mass is 10.1. The molecule has 10 heteroatoms. The summed E-state index contributed by atoms with van der Waals surface area (Å²) in [6, 6.07) is 6.33. The maximum absolute atomic E-state index is 13.1. The molecule has 0 radical (unpaired) electrons. The summed E-state index contributed by atoms with van der Waals surface area (Å²) in [6.07, 6.45) is 2.90. The van der Waals surface area contributed by atoms with E-state index >= 15 is 0 Å². The van der Waals surface area contributed by atoms with Crippen LogP contribution in [0.25, 0.3) is 0 Å². The fourth-order valence-corrected chi connectivity index (χ4v) is 3.16. The van der Waals surface area contributed by atoms with Crippen molar-refractivity contribution in [2.75, 3.05) is 17.4 Å². The third-order valence-corrected chi connectivity index (χ3v) is 4.51. The third kappa shape index (κ3) is 5.57. The van der Waals surface area contributed by atoms with Gasteiger partial charge in [-0.05, 0) is 42.8 Å². The summed E-state index contributed by atoms with van der Waals surface area (Å²) in [5.41, 5.74) is 1.10. The van der Waals surface area contributed by atoms with Crippen LogP contribution in [-0.2, 0) is 4.79 Å². The van der Waals surface area contributed by atoms with Crippen molar-refractivity contribution in [2.45, 2.75) is 6.92 Å². The van der Waals surface area contributed by atoms with Crippen molar-refractivity contribution < 1.29 is 9.59 Å². The monoisotopic (exact) mass is 497 g/mol. The van der Waals surface area contributed by atoms with Gasteiger partial charge in [-0.25, -0.2) is 10.8 Å². The van der Waals surface area contributed by atoms with Gasteiger partial charge in [-0.1, -0.05) is 45.7 Å². The normalized spacial score (nSPS) is 11.0. The van der Waals surface area contributed by atoms with Crippen LogP contribution in [0.5, 0.6) is 0 Å². The highest BCUT2D eigenvalue weighted by Gasteiger charge is 2.23. The number of amides is 2. The van der Waals surface area contributed by atoms with Crippen LogP contribution in [-0.4, -0.2) is 23.8 Å². The number of anilines is 2. The van der Waals surface area contributed by atoms with Crippen molar-refractivity contribution in [3.63, 3.8) is 0 Å². The zero-order valence-electron chi connectivity index (χ0n) is 15.6. The second kappa shape index (κ2) is 9.89. The van der Waals surface area contributed by atoms with Gasteiger partial charge in [-0.3, -0.25) is 14.6 Å². The van der Waals surface area contributed by atoms with Crippen LogP contribution < -0.4 is 21.5 Å². The number of allylic oxidation sites excluding steroid dienone is 2. The molecule has 152 valence electrons. The van der Waals surface area contributed by atoms with Crippen molar-refractivity contribution in [1.29, 1.82) is 0 Å². The first-order valence-corrected chi connectivity index (χ1v) is 9.75. The molecule has 7 nitrogen and oxygen atoms in total. The van der Waals surface area contributed by atoms with E-state index in [0.717, 1.165) is 5.01 Å². The Bertz CT molecular complexity index is 1010. The van der Waals surface area contributed by atoms with Crippen LogP contribution in [0, 0.1) is 6.92 Å². The largest absolute Gasteiger partial charge is 0.355 e. The van der Waals surface area contributed by atoms with Gasteiger partial charge in [0, 0.05) is 22.7 Å². The van der Waals surface area contributed by atoms with E-state index in [4.69, 9.17) is 29.0 Å². The molecular weight excluding hydrogens is 481 g/mol. The summed E-state index contributed by atoms with van der Waals surface area (Å²) in [5.74, 6) is 5.28. The first-order valence-electron chi connectivity index (χ1n) is 8.20. The summed E-state index contributed by atoms with van der Waals surface area (Å²) in [7, 11) is 1.48. The van der Waals surface area contributed by atoms with E-state index < -0.39 is 11.8 Å². The number of nitrogens with zero attached hydrogens (tertiary/aromatic N) is 2. The van der Waals surface area contributed by atoms with Crippen molar-refractivity contribution in [3.05, 3.63) is 74.5 Å². The lowest BCUT2D eigenvalue weighted by molar-refractivity contribution is -0.112.